The van der Waals surface area contributed by atoms with Gasteiger partial charge < -0.3 is 9.84 Å². The molecular formula is C27H22O6. The van der Waals surface area contributed by atoms with E-state index in [4.69, 9.17) is 4.74 Å². The number of Topliss-reactive ketones (excluding diaryl/α,β-unsaturated/α-hetero) is 2. The number of hydrogen-bond donors (Lipinski definition) is 1. The summed E-state index contributed by atoms with van der Waals surface area (Å²) in [5, 5.41) is 9.22. The average Bonchev–Trinajstić information content (AvgIpc) is 2.80. The number of hydrogen-bond acceptors (Lipinski definition) is 5. The first-order chi connectivity index (χ1) is 15.9. The number of aromatic carboxylic acids is 1. The van der Waals surface area contributed by atoms with E-state index in [1.54, 1.807) is 36.4 Å². The van der Waals surface area contributed by atoms with E-state index in [1.807, 2.05) is 30.3 Å². The van der Waals surface area contributed by atoms with Crippen LogP contribution in [0.5, 0.6) is 5.75 Å². The van der Waals surface area contributed by atoms with Crippen LogP contribution in [-0.2, 0) is 9.59 Å². The molecule has 1 aliphatic carbocycles. The maximum absolute atomic E-state index is 13.6. The van der Waals surface area contributed by atoms with Gasteiger partial charge >= 0.3 is 5.97 Å². The number of carbonyl (C=O) groups excluding carboxylic acids is 3. The maximum Gasteiger partial charge on any atom is 0.335 e. The third-order valence-electron chi connectivity index (χ3n) is 6.37. The van der Waals surface area contributed by atoms with Crippen molar-refractivity contribution in [2.75, 3.05) is 0 Å². The number of carbonyl (C=O) groups is 4. The van der Waals surface area contributed by atoms with Crippen LogP contribution < -0.4 is 4.74 Å². The monoisotopic (exact) mass is 442 g/mol. The Bertz CT molecular complexity index is 1180. The number of benzene rings is 3. The van der Waals surface area contributed by atoms with Crippen molar-refractivity contribution in [2.45, 2.75) is 18.8 Å². The van der Waals surface area contributed by atoms with Crippen LogP contribution >= 0.6 is 0 Å². The zero-order valence-corrected chi connectivity index (χ0v) is 17.9. The van der Waals surface area contributed by atoms with E-state index >= 15 is 0 Å². The molecule has 1 fully saturated rings. The molecule has 0 aromatic heterocycles. The predicted molar refractivity (Wildman–Crippen MR) is 120 cm³/mol. The Morgan fingerprint density at radius 1 is 0.758 bits per heavy atom. The molecule has 0 radical (unpaired) electrons. The van der Waals surface area contributed by atoms with Crippen molar-refractivity contribution in [3.05, 3.63) is 101 Å². The highest BCUT2D eigenvalue weighted by Crippen LogP contribution is 2.59. The van der Waals surface area contributed by atoms with Gasteiger partial charge in [-0.15, -0.1) is 0 Å². The molecule has 33 heavy (non-hydrogen) atoms. The second-order valence-corrected chi connectivity index (χ2v) is 8.15. The molecule has 1 unspecified atom stereocenters. The van der Waals surface area contributed by atoms with Crippen LogP contribution in [0.3, 0.4) is 0 Å². The first-order valence-corrected chi connectivity index (χ1v) is 10.6. The average molecular weight is 442 g/mol. The molecule has 1 saturated carbocycles. The van der Waals surface area contributed by atoms with Crippen molar-refractivity contribution in [1.82, 2.24) is 0 Å². The van der Waals surface area contributed by atoms with E-state index in [9.17, 15) is 24.3 Å². The molecule has 3 aromatic rings. The number of carboxylic acids is 1. The van der Waals surface area contributed by atoms with Gasteiger partial charge in [-0.2, -0.15) is 0 Å². The summed E-state index contributed by atoms with van der Waals surface area (Å²) in [6, 6.07) is 22.4. The first kappa shape index (κ1) is 22.1. The van der Waals surface area contributed by atoms with Gasteiger partial charge in [-0.3, -0.25) is 14.4 Å². The largest absolute Gasteiger partial charge is 0.478 e. The zero-order chi connectivity index (χ0) is 23.5. The van der Waals surface area contributed by atoms with Gasteiger partial charge in [0.2, 0.25) is 0 Å². The lowest BCUT2D eigenvalue weighted by molar-refractivity contribution is -0.127. The van der Waals surface area contributed by atoms with Gasteiger partial charge in [-0.05, 0) is 54.4 Å². The Morgan fingerprint density at radius 2 is 1.30 bits per heavy atom. The second kappa shape index (κ2) is 9.20. The summed E-state index contributed by atoms with van der Waals surface area (Å²) in [5.74, 6) is -2.53. The van der Waals surface area contributed by atoms with Gasteiger partial charge in [0.05, 0.1) is 5.56 Å². The van der Waals surface area contributed by atoms with Crippen LogP contribution in [0.15, 0.2) is 78.9 Å². The van der Waals surface area contributed by atoms with Crippen molar-refractivity contribution in [1.29, 1.82) is 0 Å². The highest BCUT2D eigenvalue weighted by atomic mass is 16.5. The molecule has 6 heteroatoms. The summed E-state index contributed by atoms with van der Waals surface area (Å²) in [4.78, 5) is 48.1. The van der Waals surface area contributed by atoms with Crippen molar-refractivity contribution >= 4 is 24.0 Å². The van der Waals surface area contributed by atoms with E-state index in [0.29, 0.717) is 17.8 Å². The smallest absolute Gasteiger partial charge is 0.335 e. The maximum atomic E-state index is 13.6. The fourth-order valence-corrected chi connectivity index (χ4v) is 4.88. The molecular weight excluding hydrogens is 420 g/mol. The van der Waals surface area contributed by atoms with Crippen LogP contribution in [0.1, 0.15) is 50.6 Å². The van der Waals surface area contributed by atoms with E-state index in [0.717, 1.165) is 11.1 Å². The van der Waals surface area contributed by atoms with Gasteiger partial charge in [0.15, 0.2) is 5.78 Å². The van der Waals surface area contributed by atoms with E-state index in [1.165, 1.54) is 19.1 Å². The summed E-state index contributed by atoms with van der Waals surface area (Å²) in [5.41, 5.74) is 2.37. The number of rotatable bonds is 8. The summed E-state index contributed by atoms with van der Waals surface area (Å²) in [7, 11) is 0. The molecule has 3 aromatic carbocycles. The highest BCUT2D eigenvalue weighted by molar-refractivity contribution is 6.03. The van der Waals surface area contributed by atoms with Crippen LogP contribution in [0.2, 0.25) is 0 Å². The highest BCUT2D eigenvalue weighted by Gasteiger charge is 2.56. The van der Waals surface area contributed by atoms with Crippen LogP contribution in [0, 0.1) is 11.8 Å². The topological polar surface area (TPSA) is 97.7 Å². The fraction of sp³-hybridized carbons (Fsp3) is 0.185. The van der Waals surface area contributed by atoms with Crippen LogP contribution in [-0.4, -0.2) is 29.1 Å². The minimum Gasteiger partial charge on any atom is -0.478 e. The Morgan fingerprint density at radius 3 is 1.85 bits per heavy atom. The normalized spacial score (nSPS) is 21.5. The molecule has 0 amide bonds. The van der Waals surface area contributed by atoms with Crippen molar-refractivity contribution in [3.8, 4) is 5.75 Å². The van der Waals surface area contributed by atoms with Crippen molar-refractivity contribution in [3.63, 3.8) is 0 Å². The van der Waals surface area contributed by atoms with Gasteiger partial charge in [0.25, 0.3) is 6.47 Å². The molecule has 0 aliphatic heterocycles. The molecule has 4 atom stereocenters. The summed E-state index contributed by atoms with van der Waals surface area (Å²) in [6.45, 7) is 1.81. The fourth-order valence-electron chi connectivity index (χ4n) is 4.88. The lowest BCUT2D eigenvalue weighted by Gasteiger charge is -2.51. The second-order valence-electron chi connectivity index (χ2n) is 8.15. The van der Waals surface area contributed by atoms with Gasteiger partial charge in [0.1, 0.15) is 11.5 Å². The lowest BCUT2D eigenvalue weighted by atomic mass is 9.50. The molecule has 4 rings (SSSR count). The molecule has 6 nitrogen and oxygen atoms in total. The van der Waals surface area contributed by atoms with Crippen molar-refractivity contribution in [2.24, 2.45) is 11.8 Å². The van der Waals surface area contributed by atoms with Gasteiger partial charge in [-0.25, -0.2) is 4.79 Å². The zero-order valence-electron chi connectivity index (χ0n) is 17.9. The molecule has 0 saturated heterocycles. The number of ether oxygens (including phenoxy) is 1. The van der Waals surface area contributed by atoms with E-state index in [-0.39, 0.29) is 29.0 Å². The Balaban J connectivity index is 1.74. The quantitative estimate of drug-likeness (QED) is 0.407. The Hall–Kier alpha value is -4.06. The summed E-state index contributed by atoms with van der Waals surface area (Å²) >= 11 is 0. The number of ketones is 2. The standard InChI is InChI=1S/C27H22O6/c1-16(29)22-23(18-7-9-20(10-8-18)27(31)32)24(17-5-3-2-4-6-17)25(22)26(30)19-11-13-21(14-12-19)33-15-28/h2-15,22-25H,1H3,(H,31,32)/t22-,23-,24-,25?/m0/s1. The lowest BCUT2D eigenvalue weighted by Crippen LogP contribution is -2.50. The third-order valence-corrected chi connectivity index (χ3v) is 6.37. The molecule has 1 N–H and O–H groups in total. The molecule has 0 heterocycles. The van der Waals surface area contributed by atoms with Gasteiger partial charge in [-0.1, -0.05) is 42.5 Å². The van der Waals surface area contributed by atoms with Crippen LogP contribution in [0.25, 0.3) is 0 Å². The summed E-state index contributed by atoms with van der Waals surface area (Å²) < 4.78 is 4.80. The SMILES string of the molecule is CC(=O)[C@@H]1C(C(=O)c2ccc(OC=O)cc2)[C@@H](c2ccccc2)[C@H]1c1ccc(C(=O)O)cc1. The Labute approximate surface area is 190 Å². The van der Waals surface area contributed by atoms with Crippen LogP contribution in [0.4, 0.5) is 0 Å². The van der Waals surface area contributed by atoms with E-state index in [2.05, 4.69) is 0 Å². The van der Waals surface area contributed by atoms with Crippen molar-refractivity contribution < 1.29 is 29.0 Å². The first-order valence-electron chi connectivity index (χ1n) is 10.6. The van der Waals surface area contributed by atoms with Gasteiger partial charge in [0, 0.05) is 29.2 Å². The molecule has 166 valence electrons. The minimum atomic E-state index is -1.02. The third kappa shape index (κ3) is 4.20. The summed E-state index contributed by atoms with van der Waals surface area (Å²) in [6.07, 6.45) is 0. The molecule has 0 bridgehead atoms. The molecule has 0 spiro atoms. The Kier molecular flexibility index (Phi) is 6.18. The molecule has 1 aliphatic rings. The predicted octanol–water partition coefficient (Wildman–Crippen LogP) is 4.51. The van der Waals surface area contributed by atoms with E-state index < -0.39 is 17.8 Å². The minimum absolute atomic E-state index is 0.0891. The number of carboxylic acid groups (broad SMARTS) is 1.